The Hall–Kier alpha value is -1.76. The molecule has 0 aromatic heterocycles. The molecule has 1 aromatic rings. The molecule has 100 valence electrons. The second-order valence-corrected chi connectivity index (χ2v) is 3.56. The number of nitrogens with two attached hydrogens (primary N) is 1. The number of hydrogen-bond acceptors (Lipinski definition) is 3. The van der Waals surface area contributed by atoms with E-state index in [1.807, 2.05) is 5.32 Å². The van der Waals surface area contributed by atoms with E-state index in [1.165, 1.54) is 18.2 Å². The van der Waals surface area contributed by atoms with Crippen LogP contribution in [0, 0.1) is 5.82 Å². The van der Waals surface area contributed by atoms with Crippen molar-refractivity contribution in [1.82, 2.24) is 5.32 Å². The smallest absolute Gasteiger partial charge is 0.277 e. The van der Waals surface area contributed by atoms with Crippen LogP contribution in [0.25, 0.3) is 0 Å². The van der Waals surface area contributed by atoms with Crippen LogP contribution in [-0.2, 0) is 4.79 Å². The molecule has 1 amide bonds. The number of hydrogen-bond donors (Lipinski definition) is 2. The van der Waals surface area contributed by atoms with Gasteiger partial charge in [-0.2, -0.15) is 0 Å². The topological polar surface area (TPSA) is 64.3 Å². The summed E-state index contributed by atoms with van der Waals surface area (Å²) in [7, 11) is 0. The van der Waals surface area contributed by atoms with E-state index in [4.69, 9.17) is 10.5 Å². The third kappa shape index (κ3) is 4.62. The molecule has 1 rings (SSSR count). The average molecular weight is 262 g/mol. The molecule has 18 heavy (non-hydrogen) atoms. The fourth-order valence-corrected chi connectivity index (χ4v) is 1.06. The van der Waals surface area contributed by atoms with Gasteiger partial charge >= 0.3 is 0 Å². The molecule has 7 heteroatoms. The van der Waals surface area contributed by atoms with Gasteiger partial charge in [0.25, 0.3) is 11.8 Å². The summed E-state index contributed by atoms with van der Waals surface area (Å²) in [5.74, 6) is -4.67. The number of carbonyl (C=O) groups is 1. The predicted octanol–water partition coefficient (Wildman–Crippen LogP) is 0.915. The monoisotopic (exact) mass is 262 g/mol. The van der Waals surface area contributed by atoms with E-state index in [9.17, 15) is 18.0 Å². The molecule has 3 N–H and O–H groups in total. The number of amides is 1. The van der Waals surface area contributed by atoms with Crippen LogP contribution < -0.4 is 15.8 Å². The first-order valence-electron chi connectivity index (χ1n) is 5.16. The van der Waals surface area contributed by atoms with Crippen LogP contribution in [0.4, 0.5) is 13.2 Å². The number of halogens is 3. The van der Waals surface area contributed by atoms with E-state index >= 15 is 0 Å². The molecule has 0 spiro atoms. The van der Waals surface area contributed by atoms with Gasteiger partial charge in [0.1, 0.15) is 0 Å². The fraction of sp³-hybridized carbons (Fsp3) is 0.364. The van der Waals surface area contributed by atoms with Gasteiger partial charge < -0.3 is 15.8 Å². The van der Waals surface area contributed by atoms with E-state index in [-0.39, 0.29) is 5.75 Å². The first-order valence-corrected chi connectivity index (χ1v) is 5.16. The molecule has 0 radical (unpaired) electrons. The maximum Gasteiger partial charge on any atom is 0.277 e. The van der Waals surface area contributed by atoms with Crippen molar-refractivity contribution in [3.63, 3.8) is 0 Å². The Morgan fingerprint density at radius 3 is 2.67 bits per heavy atom. The predicted molar refractivity (Wildman–Crippen MR) is 58.9 cm³/mol. The van der Waals surface area contributed by atoms with Gasteiger partial charge in [-0.1, -0.05) is 12.1 Å². The standard InChI is InChI=1S/C11H13F3N2O2/c12-8-3-1-2-4-9(8)18-5-10(17)16-7-11(13,14)6-15/h1-4H,5-7,15H2,(H,16,17). The Morgan fingerprint density at radius 1 is 1.39 bits per heavy atom. The van der Waals surface area contributed by atoms with Crippen LogP contribution in [0.2, 0.25) is 0 Å². The number of rotatable bonds is 6. The second-order valence-electron chi connectivity index (χ2n) is 3.56. The van der Waals surface area contributed by atoms with Crippen LogP contribution in [0.5, 0.6) is 5.75 Å². The Morgan fingerprint density at radius 2 is 2.06 bits per heavy atom. The minimum atomic E-state index is -3.16. The highest BCUT2D eigenvalue weighted by Gasteiger charge is 2.27. The second kappa shape index (κ2) is 6.25. The molecule has 0 bridgehead atoms. The van der Waals surface area contributed by atoms with Gasteiger partial charge in [0.2, 0.25) is 0 Å². The third-order valence-corrected chi connectivity index (χ3v) is 2.04. The largest absolute Gasteiger partial charge is 0.481 e. The number of para-hydroxylation sites is 1. The van der Waals surface area contributed by atoms with Crippen molar-refractivity contribution < 1.29 is 22.7 Å². The zero-order chi connectivity index (χ0) is 13.6. The highest BCUT2D eigenvalue weighted by atomic mass is 19.3. The van der Waals surface area contributed by atoms with Crippen LogP contribution >= 0.6 is 0 Å². The average Bonchev–Trinajstić information content (AvgIpc) is 2.35. The van der Waals surface area contributed by atoms with E-state index in [0.717, 1.165) is 6.07 Å². The van der Waals surface area contributed by atoms with E-state index in [1.54, 1.807) is 0 Å². The highest BCUT2D eigenvalue weighted by Crippen LogP contribution is 2.15. The van der Waals surface area contributed by atoms with Gasteiger partial charge in [0, 0.05) is 0 Å². The fourth-order valence-electron chi connectivity index (χ4n) is 1.06. The molecule has 0 aliphatic heterocycles. The minimum absolute atomic E-state index is 0.113. The highest BCUT2D eigenvalue weighted by molar-refractivity contribution is 5.77. The molecule has 0 unspecified atom stereocenters. The molecule has 0 aliphatic carbocycles. The van der Waals surface area contributed by atoms with Crippen molar-refractivity contribution in [3.05, 3.63) is 30.1 Å². The summed E-state index contributed by atoms with van der Waals surface area (Å²) in [6.07, 6.45) is 0. The lowest BCUT2D eigenvalue weighted by Gasteiger charge is -2.14. The van der Waals surface area contributed by atoms with Gasteiger partial charge in [-0.05, 0) is 12.1 Å². The molecule has 0 aliphatic rings. The van der Waals surface area contributed by atoms with Crippen LogP contribution in [-0.4, -0.2) is 31.5 Å². The van der Waals surface area contributed by atoms with Crippen LogP contribution in [0.15, 0.2) is 24.3 Å². The van der Waals surface area contributed by atoms with Crippen molar-refractivity contribution in [3.8, 4) is 5.75 Å². The molecule has 0 saturated carbocycles. The first kappa shape index (κ1) is 14.3. The quantitative estimate of drug-likeness (QED) is 0.801. The van der Waals surface area contributed by atoms with Gasteiger partial charge in [0.05, 0.1) is 13.1 Å². The lowest BCUT2D eigenvalue weighted by molar-refractivity contribution is -0.124. The first-order chi connectivity index (χ1) is 8.44. The molecule has 4 nitrogen and oxygen atoms in total. The molecule has 0 fully saturated rings. The lowest BCUT2D eigenvalue weighted by Crippen LogP contribution is -2.43. The van der Waals surface area contributed by atoms with Crippen molar-refractivity contribution in [2.45, 2.75) is 5.92 Å². The number of alkyl halides is 2. The van der Waals surface area contributed by atoms with Crippen LogP contribution in [0.3, 0.4) is 0 Å². The van der Waals surface area contributed by atoms with Gasteiger partial charge in [-0.15, -0.1) is 0 Å². The number of ether oxygens (including phenoxy) is 1. The summed E-state index contributed by atoms with van der Waals surface area (Å²) < 4.78 is 43.3. The van der Waals surface area contributed by atoms with Crippen LogP contribution in [0.1, 0.15) is 0 Å². The maximum atomic E-state index is 13.1. The third-order valence-electron chi connectivity index (χ3n) is 2.04. The summed E-state index contributed by atoms with van der Waals surface area (Å²) in [5.41, 5.74) is 4.80. The zero-order valence-corrected chi connectivity index (χ0v) is 9.46. The Labute approximate surface area is 102 Å². The number of carbonyl (C=O) groups excluding carboxylic acids is 1. The summed E-state index contributed by atoms with van der Waals surface area (Å²) in [5, 5.41) is 1.95. The van der Waals surface area contributed by atoms with E-state index in [2.05, 4.69) is 0 Å². The van der Waals surface area contributed by atoms with Crippen molar-refractivity contribution in [2.24, 2.45) is 5.73 Å². The van der Waals surface area contributed by atoms with Crippen molar-refractivity contribution in [1.29, 1.82) is 0 Å². The molecule has 0 atom stereocenters. The summed E-state index contributed by atoms with van der Waals surface area (Å²) >= 11 is 0. The molecular weight excluding hydrogens is 249 g/mol. The summed E-state index contributed by atoms with van der Waals surface area (Å²) in [4.78, 5) is 11.2. The van der Waals surface area contributed by atoms with E-state index in [0.29, 0.717) is 0 Å². The summed E-state index contributed by atoms with van der Waals surface area (Å²) in [6.45, 7) is -2.27. The van der Waals surface area contributed by atoms with Gasteiger partial charge in [-0.25, -0.2) is 13.2 Å². The Kier molecular flexibility index (Phi) is 4.96. The van der Waals surface area contributed by atoms with Crippen molar-refractivity contribution >= 4 is 5.91 Å². The molecule has 0 heterocycles. The molecule has 0 saturated heterocycles. The van der Waals surface area contributed by atoms with Gasteiger partial charge in [0.15, 0.2) is 18.2 Å². The Bertz CT molecular complexity index is 413. The lowest BCUT2D eigenvalue weighted by atomic mass is 10.3. The maximum absolute atomic E-state index is 13.1. The minimum Gasteiger partial charge on any atom is -0.481 e. The van der Waals surface area contributed by atoms with Crippen molar-refractivity contribution in [2.75, 3.05) is 19.7 Å². The molecule has 1 aromatic carbocycles. The zero-order valence-electron chi connectivity index (χ0n) is 9.46. The number of nitrogens with one attached hydrogen (secondary N) is 1. The SMILES string of the molecule is NCC(F)(F)CNC(=O)COc1ccccc1F. The molecular formula is C11H13F3N2O2. The van der Waals surface area contributed by atoms with Gasteiger partial charge in [-0.3, -0.25) is 4.79 Å². The van der Waals surface area contributed by atoms with E-state index < -0.39 is 37.3 Å². The normalized spacial score (nSPS) is 11.1. The Balaban J connectivity index is 2.36. The number of benzene rings is 1. The summed E-state index contributed by atoms with van der Waals surface area (Å²) in [6, 6.07) is 5.48.